The SMILES string of the molecule is COc1ccc(CN(c2nccs2)S(=O)(=O)c2ccc3c(-c4ccccc4OCC#N)nccc3c2)cc1. The van der Waals surface area contributed by atoms with Crippen molar-refractivity contribution in [2.75, 3.05) is 18.0 Å². The van der Waals surface area contributed by atoms with Gasteiger partial charge in [0.1, 0.15) is 17.6 Å². The molecule has 2 heterocycles. The van der Waals surface area contributed by atoms with Crippen LogP contribution in [-0.4, -0.2) is 32.1 Å². The number of methoxy groups -OCH3 is 1. The molecule has 38 heavy (non-hydrogen) atoms. The van der Waals surface area contributed by atoms with Crippen LogP contribution < -0.4 is 13.8 Å². The van der Waals surface area contributed by atoms with Crippen LogP contribution in [0.5, 0.6) is 11.5 Å². The third-order valence-electron chi connectivity index (χ3n) is 5.88. The van der Waals surface area contributed by atoms with Crippen LogP contribution in [0.2, 0.25) is 0 Å². The van der Waals surface area contributed by atoms with E-state index in [0.29, 0.717) is 33.3 Å². The quantitative estimate of drug-likeness (QED) is 0.236. The Morgan fingerprint density at radius 2 is 1.82 bits per heavy atom. The van der Waals surface area contributed by atoms with E-state index in [0.717, 1.165) is 10.9 Å². The van der Waals surface area contributed by atoms with Crippen molar-refractivity contribution < 1.29 is 17.9 Å². The van der Waals surface area contributed by atoms with Crippen LogP contribution in [0.1, 0.15) is 5.56 Å². The van der Waals surface area contributed by atoms with Gasteiger partial charge in [0, 0.05) is 28.7 Å². The van der Waals surface area contributed by atoms with E-state index in [-0.39, 0.29) is 18.0 Å². The number of sulfonamides is 1. The molecule has 0 fully saturated rings. The van der Waals surface area contributed by atoms with Gasteiger partial charge in [0.25, 0.3) is 10.0 Å². The molecule has 0 atom stereocenters. The molecule has 2 aromatic heterocycles. The van der Waals surface area contributed by atoms with Crippen molar-refractivity contribution in [3.05, 3.63) is 96.1 Å². The Labute approximate surface area is 224 Å². The van der Waals surface area contributed by atoms with Gasteiger partial charge >= 0.3 is 0 Å². The Balaban J connectivity index is 1.55. The van der Waals surface area contributed by atoms with E-state index >= 15 is 0 Å². The molecule has 0 N–H and O–H groups in total. The first kappa shape index (κ1) is 25.2. The van der Waals surface area contributed by atoms with Crippen molar-refractivity contribution >= 4 is 37.3 Å². The Kier molecular flexibility index (Phi) is 7.22. The van der Waals surface area contributed by atoms with Gasteiger partial charge in [-0.05, 0) is 53.4 Å². The molecule has 8 nitrogen and oxygen atoms in total. The molecule has 0 unspecified atom stereocenters. The standard InChI is InChI=1S/C28H22N4O4S2/c1-35-22-8-6-20(7-9-22)19-32(28-31-15-17-37-28)38(33,34)23-10-11-24-21(18-23)12-14-30-27(24)25-4-2-3-5-26(25)36-16-13-29/h2-12,14-15,17-18H,16,19H2,1H3. The van der Waals surface area contributed by atoms with Gasteiger partial charge in [0.15, 0.2) is 11.7 Å². The third-order valence-corrected chi connectivity index (χ3v) is 8.52. The number of aromatic nitrogens is 2. The van der Waals surface area contributed by atoms with Crippen molar-refractivity contribution in [2.45, 2.75) is 11.4 Å². The van der Waals surface area contributed by atoms with Crippen LogP contribution >= 0.6 is 11.3 Å². The number of fused-ring (bicyclic) bond motifs is 1. The predicted molar refractivity (Wildman–Crippen MR) is 147 cm³/mol. The summed E-state index contributed by atoms with van der Waals surface area (Å²) in [5.74, 6) is 1.22. The maximum absolute atomic E-state index is 13.9. The van der Waals surface area contributed by atoms with Gasteiger partial charge in [-0.2, -0.15) is 5.26 Å². The van der Waals surface area contributed by atoms with E-state index in [1.54, 1.807) is 67.3 Å². The summed E-state index contributed by atoms with van der Waals surface area (Å²) in [6, 6.07) is 23.3. The second-order valence-electron chi connectivity index (χ2n) is 8.16. The number of rotatable bonds is 9. The second kappa shape index (κ2) is 10.9. The fourth-order valence-corrected chi connectivity index (χ4v) is 6.36. The topological polar surface area (TPSA) is 105 Å². The van der Waals surface area contributed by atoms with E-state index in [1.165, 1.54) is 15.6 Å². The lowest BCUT2D eigenvalue weighted by Crippen LogP contribution is -2.30. The lowest BCUT2D eigenvalue weighted by Gasteiger charge is -2.22. The van der Waals surface area contributed by atoms with Crippen LogP contribution in [-0.2, 0) is 16.6 Å². The number of benzene rings is 3. The van der Waals surface area contributed by atoms with E-state index in [2.05, 4.69) is 9.97 Å². The number of nitrogens with zero attached hydrogens (tertiary/aromatic N) is 4. The highest BCUT2D eigenvalue weighted by atomic mass is 32.2. The highest BCUT2D eigenvalue weighted by Gasteiger charge is 2.28. The lowest BCUT2D eigenvalue weighted by molar-refractivity contribution is 0.369. The molecule has 10 heteroatoms. The summed E-state index contributed by atoms with van der Waals surface area (Å²) in [4.78, 5) is 8.96. The Morgan fingerprint density at radius 1 is 1.00 bits per heavy atom. The van der Waals surface area contributed by atoms with Gasteiger partial charge in [0.05, 0.1) is 24.2 Å². The molecule has 0 spiro atoms. The molecule has 5 rings (SSSR count). The summed E-state index contributed by atoms with van der Waals surface area (Å²) in [7, 11) is -2.37. The van der Waals surface area contributed by atoms with E-state index in [9.17, 15) is 8.42 Å². The number of hydrogen-bond donors (Lipinski definition) is 0. The minimum absolute atomic E-state index is 0.0923. The molecular weight excluding hydrogens is 520 g/mol. The first-order valence-corrected chi connectivity index (χ1v) is 13.9. The third kappa shape index (κ3) is 5.02. The Bertz CT molecular complexity index is 1710. The molecule has 0 radical (unpaired) electrons. The summed E-state index contributed by atoms with van der Waals surface area (Å²) < 4.78 is 40.0. The van der Waals surface area contributed by atoms with Crippen molar-refractivity contribution in [2.24, 2.45) is 0 Å². The highest BCUT2D eigenvalue weighted by molar-refractivity contribution is 7.93. The number of ether oxygens (including phenoxy) is 2. The second-order valence-corrected chi connectivity index (χ2v) is 10.9. The van der Waals surface area contributed by atoms with Crippen LogP contribution in [0.3, 0.4) is 0 Å². The molecule has 3 aromatic carbocycles. The van der Waals surface area contributed by atoms with Crippen LogP contribution in [0.25, 0.3) is 22.0 Å². The van der Waals surface area contributed by atoms with E-state index < -0.39 is 10.0 Å². The monoisotopic (exact) mass is 542 g/mol. The maximum atomic E-state index is 13.9. The molecule has 0 bridgehead atoms. The van der Waals surface area contributed by atoms with Gasteiger partial charge < -0.3 is 9.47 Å². The number of nitriles is 1. The number of hydrogen-bond acceptors (Lipinski definition) is 8. The number of pyridine rings is 1. The van der Waals surface area contributed by atoms with Crippen LogP contribution in [0.4, 0.5) is 5.13 Å². The zero-order valence-corrected chi connectivity index (χ0v) is 21.9. The van der Waals surface area contributed by atoms with Gasteiger partial charge in [-0.25, -0.2) is 17.7 Å². The Morgan fingerprint density at radius 3 is 2.55 bits per heavy atom. The fraction of sp³-hybridized carbons (Fsp3) is 0.107. The van der Waals surface area contributed by atoms with Gasteiger partial charge in [-0.15, -0.1) is 11.3 Å². The molecular formula is C28H22N4O4S2. The summed E-state index contributed by atoms with van der Waals surface area (Å²) >= 11 is 1.26. The highest BCUT2D eigenvalue weighted by Crippen LogP contribution is 2.35. The average molecular weight is 543 g/mol. The molecule has 0 aliphatic heterocycles. The first-order valence-electron chi connectivity index (χ1n) is 11.5. The molecule has 190 valence electrons. The van der Waals surface area contributed by atoms with Crippen LogP contribution in [0, 0.1) is 11.3 Å². The molecule has 0 saturated heterocycles. The molecule has 0 amide bonds. The van der Waals surface area contributed by atoms with Crippen molar-refractivity contribution in [1.29, 1.82) is 5.26 Å². The van der Waals surface area contributed by atoms with Gasteiger partial charge in [-0.3, -0.25) is 4.98 Å². The zero-order chi connectivity index (χ0) is 26.5. The minimum atomic E-state index is -3.96. The predicted octanol–water partition coefficient (Wildman–Crippen LogP) is 5.66. The number of thiazole rings is 1. The summed E-state index contributed by atoms with van der Waals surface area (Å²) in [5.41, 5.74) is 2.15. The molecule has 5 aromatic rings. The normalized spacial score (nSPS) is 11.2. The van der Waals surface area contributed by atoms with Crippen molar-refractivity contribution in [3.63, 3.8) is 0 Å². The first-order chi connectivity index (χ1) is 18.5. The smallest absolute Gasteiger partial charge is 0.266 e. The fourth-order valence-electron chi connectivity index (χ4n) is 4.05. The van der Waals surface area contributed by atoms with E-state index in [1.807, 2.05) is 36.4 Å². The van der Waals surface area contributed by atoms with Crippen molar-refractivity contribution in [3.8, 4) is 28.8 Å². The number of para-hydroxylation sites is 1. The summed E-state index contributed by atoms with van der Waals surface area (Å²) in [5, 5.41) is 12.5. The molecule has 0 aliphatic carbocycles. The van der Waals surface area contributed by atoms with Gasteiger partial charge in [0.2, 0.25) is 0 Å². The van der Waals surface area contributed by atoms with Crippen LogP contribution in [0.15, 0.2) is 95.5 Å². The summed E-state index contributed by atoms with van der Waals surface area (Å²) in [6.07, 6.45) is 3.21. The number of anilines is 1. The average Bonchev–Trinajstić information content (AvgIpc) is 3.49. The molecule has 0 saturated carbocycles. The largest absolute Gasteiger partial charge is 0.497 e. The lowest BCUT2D eigenvalue weighted by atomic mass is 10.0. The zero-order valence-electron chi connectivity index (χ0n) is 20.3. The van der Waals surface area contributed by atoms with Crippen molar-refractivity contribution in [1.82, 2.24) is 9.97 Å². The molecule has 0 aliphatic rings. The summed E-state index contributed by atoms with van der Waals surface area (Å²) in [6.45, 7) is 0.0219. The van der Waals surface area contributed by atoms with E-state index in [4.69, 9.17) is 14.7 Å². The van der Waals surface area contributed by atoms with Gasteiger partial charge in [-0.1, -0.05) is 30.3 Å². The Hall–Kier alpha value is -4.46. The maximum Gasteiger partial charge on any atom is 0.266 e. The minimum Gasteiger partial charge on any atom is -0.497 e.